The van der Waals surface area contributed by atoms with E-state index in [1.165, 1.54) is 12.1 Å². The summed E-state index contributed by atoms with van der Waals surface area (Å²) in [5.74, 6) is -0.286. The number of anilines is 1. The van der Waals surface area contributed by atoms with Crippen molar-refractivity contribution in [2.24, 2.45) is 0 Å². The number of nitrogens with zero attached hydrogens (tertiary/aromatic N) is 1. The average molecular weight is 229 g/mol. The molecule has 1 heterocycles. The van der Waals surface area contributed by atoms with Gasteiger partial charge >= 0.3 is 0 Å². The van der Waals surface area contributed by atoms with E-state index in [0.717, 1.165) is 25.3 Å². The molecule has 0 amide bonds. The minimum atomic E-state index is -0.286. The first-order valence-corrected chi connectivity index (χ1v) is 5.48. The van der Waals surface area contributed by atoms with Gasteiger partial charge in [0.05, 0.1) is 10.7 Å². The summed E-state index contributed by atoms with van der Waals surface area (Å²) in [6.45, 7) is 4.92. The van der Waals surface area contributed by atoms with Gasteiger partial charge in [-0.15, -0.1) is 0 Å². The summed E-state index contributed by atoms with van der Waals surface area (Å²) in [7, 11) is 0. The van der Waals surface area contributed by atoms with E-state index in [4.69, 9.17) is 11.6 Å². The third kappa shape index (κ3) is 2.24. The highest BCUT2D eigenvalue weighted by atomic mass is 35.5. The van der Waals surface area contributed by atoms with Crippen LogP contribution in [0.4, 0.5) is 10.1 Å². The molecule has 0 saturated carbocycles. The second-order valence-electron chi connectivity index (χ2n) is 3.84. The molecule has 1 aromatic carbocycles. The zero-order valence-electron chi connectivity index (χ0n) is 8.63. The van der Waals surface area contributed by atoms with Crippen LogP contribution in [0.3, 0.4) is 0 Å². The Kier molecular flexibility index (Phi) is 3.12. The van der Waals surface area contributed by atoms with E-state index in [2.05, 4.69) is 17.1 Å². The smallest absolute Gasteiger partial charge is 0.124 e. The molecule has 0 bridgehead atoms. The number of nitrogens with one attached hydrogen (secondary N) is 1. The van der Waals surface area contributed by atoms with Crippen molar-refractivity contribution in [1.82, 2.24) is 5.32 Å². The van der Waals surface area contributed by atoms with Gasteiger partial charge in [0.1, 0.15) is 5.82 Å². The molecule has 0 spiro atoms. The Morgan fingerprint density at radius 1 is 1.53 bits per heavy atom. The van der Waals surface area contributed by atoms with Crippen LogP contribution in [-0.4, -0.2) is 25.7 Å². The van der Waals surface area contributed by atoms with E-state index in [9.17, 15) is 4.39 Å². The second kappa shape index (κ2) is 4.37. The Bertz CT molecular complexity index is 356. The molecule has 1 unspecified atom stereocenters. The molecule has 1 aliphatic rings. The summed E-state index contributed by atoms with van der Waals surface area (Å²) < 4.78 is 12.9. The highest BCUT2D eigenvalue weighted by molar-refractivity contribution is 6.33. The van der Waals surface area contributed by atoms with Gasteiger partial charge in [0.15, 0.2) is 0 Å². The third-order valence-corrected chi connectivity index (χ3v) is 3.02. The Morgan fingerprint density at radius 3 is 3.00 bits per heavy atom. The van der Waals surface area contributed by atoms with Gasteiger partial charge in [-0.25, -0.2) is 4.39 Å². The number of hydrogen-bond acceptors (Lipinski definition) is 2. The number of piperazine rings is 1. The molecule has 1 fully saturated rings. The zero-order valence-corrected chi connectivity index (χ0v) is 9.39. The molecule has 1 aromatic rings. The first kappa shape index (κ1) is 10.7. The monoisotopic (exact) mass is 228 g/mol. The van der Waals surface area contributed by atoms with Crippen molar-refractivity contribution in [3.63, 3.8) is 0 Å². The molecule has 2 rings (SSSR count). The van der Waals surface area contributed by atoms with Crippen molar-refractivity contribution in [2.45, 2.75) is 13.0 Å². The number of hydrogen-bond donors (Lipinski definition) is 1. The summed E-state index contributed by atoms with van der Waals surface area (Å²) >= 11 is 6.03. The van der Waals surface area contributed by atoms with Crippen molar-refractivity contribution in [2.75, 3.05) is 24.5 Å². The van der Waals surface area contributed by atoms with E-state index in [1.807, 2.05) is 0 Å². The first-order valence-electron chi connectivity index (χ1n) is 5.11. The van der Waals surface area contributed by atoms with Crippen molar-refractivity contribution >= 4 is 17.3 Å². The molecular weight excluding hydrogens is 215 g/mol. The SMILES string of the molecule is CC1CNCCN1c1ccc(F)cc1Cl. The molecule has 1 saturated heterocycles. The lowest BCUT2D eigenvalue weighted by molar-refractivity contribution is 0.500. The topological polar surface area (TPSA) is 15.3 Å². The molecule has 82 valence electrons. The van der Waals surface area contributed by atoms with Crippen LogP contribution in [0, 0.1) is 5.82 Å². The third-order valence-electron chi connectivity index (χ3n) is 2.72. The Morgan fingerprint density at radius 2 is 2.33 bits per heavy atom. The molecule has 0 radical (unpaired) electrons. The fourth-order valence-corrected chi connectivity index (χ4v) is 2.19. The van der Waals surface area contributed by atoms with Crippen LogP contribution in [0.1, 0.15) is 6.92 Å². The van der Waals surface area contributed by atoms with Crippen LogP contribution in [0.15, 0.2) is 18.2 Å². The van der Waals surface area contributed by atoms with E-state index in [-0.39, 0.29) is 5.82 Å². The van der Waals surface area contributed by atoms with Gasteiger partial charge in [-0.05, 0) is 25.1 Å². The lowest BCUT2D eigenvalue weighted by Crippen LogP contribution is -2.50. The number of halogens is 2. The number of benzene rings is 1. The lowest BCUT2D eigenvalue weighted by Gasteiger charge is -2.36. The molecule has 15 heavy (non-hydrogen) atoms. The van der Waals surface area contributed by atoms with Gasteiger partial charge in [0, 0.05) is 25.7 Å². The molecule has 0 aromatic heterocycles. The molecule has 1 aliphatic heterocycles. The van der Waals surface area contributed by atoms with E-state index in [1.54, 1.807) is 6.07 Å². The molecule has 4 heteroatoms. The molecule has 0 aliphatic carbocycles. The van der Waals surface area contributed by atoms with Crippen LogP contribution in [-0.2, 0) is 0 Å². The van der Waals surface area contributed by atoms with E-state index < -0.39 is 0 Å². The minimum Gasteiger partial charge on any atom is -0.365 e. The summed E-state index contributed by atoms with van der Waals surface area (Å²) in [6.07, 6.45) is 0. The van der Waals surface area contributed by atoms with Crippen LogP contribution in [0.25, 0.3) is 0 Å². The summed E-state index contributed by atoms with van der Waals surface area (Å²) in [4.78, 5) is 2.21. The second-order valence-corrected chi connectivity index (χ2v) is 4.25. The summed E-state index contributed by atoms with van der Waals surface area (Å²) in [5.41, 5.74) is 0.923. The maximum Gasteiger partial charge on any atom is 0.124 e. The normalized spacial score (nSPS) is 21.8. The largest absolute Gasteiger partial charge is 0.365 e. The quantitative estimate of drug-likeness (QED) is 0.794. The Balaban J connectivity index is 2.27. The Hall–Kier alpha value is -0.800. The Labute approximate surface area is 94.0 Å². The van der Waals surface area contributed by atoms with Gasteiger partial charge in [-0.2, -0.15) is 0 Å². The van der Waals surface area contributed by atoms with Gasteiger partial charge in [-0.1, -0.05) is 11.6 Å². The highest BCUT2D eigenvalue weighted by Crippen LogP contribution is 2.28. The molecular formula is C11H14ClFN2. The van der Waals surface area contributed by atoms with Crippen molar-refractivity contribution in [1.29, 1.82) is 0 Å². The highest BCUT2D eigenvalue weighted by Gasteiger charge is 2.20. The van der Waals surface area contributed by atoms with E-state index in [0.29, 0.717) is 11.1 Å². The van der Waals surface area contributed by atoms with Crippen molar-refractivity contribution in [3.8, 4) is 0 Å². The van der Waals surface area contributed by atoms with E-state index >= 15 is 0 Å². The molecule has 1 atom stereocenters. The number of rotatable bonds is 1. The predicted molar refractivity (Wildman–Crippen MR) is 61.1 cm³/mol. The first-order chi connectivity index (χ1) is 7.18. The van der Waals surface area contributed by atoms with Gasteiger partial charge in [0.25, 0.3) is 0 Å². The molecule has 2 nitrogen and oxygen atoms in total. The van der Waals surface area contributed by atoms with Gasteiger partial charge in [0.2, 0.25) is 0 Å². The van der Waals surface area contributed by atoms with Crippen LogP contribution >= 0.6 is 11.6 Å². The van der Waals surface area contributed by atoms with Gasteiger partial charge in [-0.3, -0.25) is 0 Å². The summed E-state index contributed by atoms with van der Waals surface area (Å²) in [5, 5.41) is 3.80. The average Bonchev–Trinajstić information content (AvgIpc) is 2.20. The summed E-state index contributed by atoms with van der Waals surface area (Å²) in [6, 6.07) is 4.96. The maximum absolute atomic E-state index is 12.9. The van der Waals surface area contributed by atoms with Crippen molar-refractivity contribution in [3.05, 3.63) is 29.0 Å². The fraction of sp³-hybridized carbons (Fsp3) is 0.455. The maximum atomic E-state index is 12.9. The molecule has 1 N–H and O–H groups in total. The van der Waals surface area contributed by atoms with Crippen LogP contribution in [0.5, 0.6) is 0 Å². The van der Waals surface area contributed by atoms with Crippen LogP contribution in [0.2, 0.25) is 5.02 Å². The fourth-order valence-electron chi connectivity index (χ4n) is 1.91. The minimum absolute atomic E-state index is 0.286. The van der Waals surface area contributed by atoms with Crippen LogP contribution < -0.4 is 10.2 Å². The van der Waals surface area contributed by atoms with Crippen molar-refractivity contribution < 1.29 is 4.39 Å². The predicted octanol–water partition coefficient (Wildman–Crippen LogP) is 2.28. The standard InChI is InChI=1S/C11H14ClFN2/c1-8-7-14-4-5-15(8)11-3-2-9(13)6-10(11)12/h2-3,6,8,14H,4-5,7H2,1H3. The van der Waals surface area contributed by atoms with Gasteiger partial charge < -0.3 is 10.2 Å². The lowest BCUT2D eigenvalue weighted by atomic mass is 10.2. The zero-order chi connectivity index (χ0) is 10.8.